The first-order chi connectivity index (χ1) is 9.61. The number of carbonyl (C=O) groups excluding carboxylic acids is 2. The van der Waals surface area contributed by atoms with Gasteiger partial charge in [-0.3, -0.25) is 9.59 Å². The Morgan fingerprint density at radius 2 is 2.40 bits per heavy atom. The smallest absolute Gasteiger partial charge is 0.253 e. The molecular formula is C14H18N4O2. The lowest BCUT2D eigenvalue weighted by Gasteiger charge is -2.12. The Morgan fingerprint density at radius 3 is 2.95 bits per heavy atom. The molecule has 0 bridgehead atoms. The fourth-order valence-electron chi connectivity index (χ4n) is 2.02. The molecule has 2 heterocycles. The summed E-state index contributed by atoms with van der Waals surface area (Å²) in [5, 5.41) is 5.76. The van der Waals surface area contributed by atoms with E-state index in [0.717, 1.165) is 13.0 Å². The van der Waals surface area contributed by atoms with Gasteiger partial charge in [-0.05, 0) is 18.6 Å². The number of likely N-dealkylation sites (N-methyl/N-ethyl adjacent to an activating group) is 1. The van der Waals surface area contributed by atoms with E-state index in [0.29, 0.717) is 17.9 Å². The highest BCUT2D eigenvalue weighted by Crippen LogP contribution is 2.14. The molecule has 20 heavy (non-hydrogen) atoms. The molecule has 1 unspecified atom stereocenters. The number of aromatic nitrogens is 1. The monoisotopic (exact) mass is 274 g/mol. The first kappa shape index (κ1) is 14.0. The summed E-state index contributed by atoms with van der Waals surface area (Å²) in [7, 11) is 1.78. The third-order valence-electron chi connectivity index (χ3n) is 3.18. The number of likely N-dealkylation sites (tertiary alicyclic amines) is 1. The average molecular weight is 274 g/mol. The molecule has 1 atom stereocenters. The van der Waals surface area contributed by atoms with Crippen molar-refractivity contribution in [3.05, 3.63) is 36.5 Å². The maximum Gasteiger partial charge on any atom is 0.253 e. The van der Waals surface area contributed by atoms with Crippen molar-refractivity contribution in [2.75, 3.05) is 25.5 Å². The molecule has 2 N–H and O–H groups in total. The second-order valence-electron chi connectivity index (χ2n) is 4.68. The third kappa shape index (κ3) is 3.14. The van der Waals surface area contributed by atoms with Gasteiger partial charge in [0.25, 0.3) is 5.91 Å². The van der Waals surface area contributed by atoms with Crippen LogP contribution < -0.4 is 10.6 Å². The van der Waals surface area contributed by atoms with E-state index < -0.39 is 0 Å². The number of amides is 2. The van der Waals surface area contributed by atoms with Gasteiger partial charge in [0, 0.05) is 26.3 Å². The summed E-state index contributed by atoms with van der Waals surface area (Å²) >= 11 is 0. The zero-order valence-electron chi connectivity index (χ0n) is 11.4. The number of nitrogens with one attached hydrogen (secondary N) is 2. The Hall–Kier alpha value is -2.37. The normalized spacial score (nSPS) is 17.9. The summed E-state index contributed by atoms with van der Waals surface area (Å²) < 4.78 is 0. The zero-order valence-corrected chi connectivity index (χ0v) is 11.4. The zero-order chi connectivity index (χ0) is 14.5. The van der Waals surface area contributed by atoms with Gasteiger partial charge in [-0.25, -0.2) is 4.98 Å². The van der Waals surface area contributed by atoms with Crippen LogP contribution in [0.1, 0.15) is 16.8 Å². The Labute approximate surface area is 117 Å². The van der Waals surface area contributed by atoms with Crippen molar-refractivity contribution < 1.29 is 9.59 Å². The van der Waals surface area contributed by atoms with E-state index in [1.54, 1.807) is 30.2 Å². The van der Waals surface area contributed by atoms with Gasteiger partial charge >= 0.3 is 0 Å². The van der Waals surface area contributed by atoms with Crippen LogP contribution in [0.5, 0.6) is 0 Å². The largest absolute Gasteiger partial charge is 0.358 e. The van der Waals surface area contributed by atoms with Crippen LogP contribution in [0.3, 0.4) is 0 Å². The Kier molecular flexibility index (Phi) is 4.34. The molecule has 1 aliphatic heterocycles. The summed E-state index contributed by atoms with van der Waals surface area (Å²) in [6.07, 6.45) is 3.87. The SMILES string of the molecule is C=CCNC(=O)c1ccc(NC2CCN(C)C2=O)nc1. The minimum atomic E-state index is -0.229. The van der Waals surface area contributed by atoms with E-state index in [1.807, 2.05) is 0 Å². The van der Waals surface area contributed by atoms with Gasteiger partial charge in [0.1, 0.15) is 11.9 Å². The highest BCUT2D eigenvalue weighted by molar-refractivity contribution is 5.94. The van der Waals surface area contributed by atoms with Crippen LogP contribution >= 0.6 is 0 Å². The number of nitrogens with zero attached hydrogens (tertiary/aromatic N) is 2. The van der Waals surface area contributed by atoms with E-state index in [1.165, 1.54) is 6.20 Å². The Balaban J connectivity index is 1.96. The van der Waals surface area contributed by atoms with Crippen LogP contribution in [-0.2, 0) is 4.79 Å². The summed E-state index contributed by atoms with van der Waals surface area (Å²) in [5.41, 5.74) is 0.479. The molecule has 106 valence electrons. The van der Waals surface area contributed by atoms with Gasteiger partial charge in [0.2, 0.25) is 5.91 Å². The predicted octanol–water partition coefficient (Wildman–Crippen LogP) is 0.640. The van der Waals surface area contributed by atoms with Crippen LogP contribution in [0.15, 0.2) is 31.0 Å². The van der Waals surface area contributed by atoms with Crippen molar-refractivity contribution in [2.24, 2.45) is 0 Å². The van der Waals surface area contributed by atoms with Crippen LogP contribution in [0.25, 0.3) is 0 Å². The maximum absolute atomic E-state index is 11.8. The first-order valence-corrected chi connectivity index (χ1v) is 6.48. The highest BCUT2D eigenvalue weighted by Gasteiger charge is 2.28. The van der Waals surface area contributed by atoms with E-state index in [4.69, 9.17) is 0 Å². The molecule has 0 aromatic carbocycles. The number of carbonyl (C=O) groups is 2. The summed E-state index contributed by atoms with van der Waals surface area (Å²) in [5.74, 6) is 0.471. The van der Waals surface area contributed by atoms with Crippen molar-refractivity contribution in [2.45, 2.75) is 12.5 Å². The molecule has 6 heteroatoms. The molecule has 1 fully saturated rings. The fraction of sp³-hybridized carbons (Fsp3) is 0.357. The molecule has 0 spiro atoms. The minimum absolute atomic E-state index is 0.0691. The van der Waals surface area contributed by atoms with Crippen molar-refractivity contribution in [1.29, 1.82) is 0 Å². The molecule has 0 radical (unpaired) electrons. The second kappa shape index (κ2) is 6.18. The first-order valence-electron chi connectivity index (χ1n) is 6.48. The molecule has 0 aliphatic carbocycles. The lowest BCUT2D eigenvalue weighted by Crippen LogP contribution is -2.31. The Bertz CT molecular complexity index is 512. The van der Waals surface area contributed by atoms with Gasteiger partial charge in [-0.2, -0.15) is 0 Å². The molecule has 1 aromatic rings. The van der Waals surface area contributed by atoms with Gasteiger partial charge < -0.3 is 15.5 Å². The number of hydrogen-bond acceptors (Lipinski definition) is 4. The maximum atomic E-state index is 11.8. The molecule has 1 aliphatic rings. The molecule has 6 nitrogen and oxygen atoms in total. The molecule has 1 aromatic heterocycles. The lowest BCUT2D eigenvalue weighted by atomic mass is 10.2. The van der Waals surface area contributed by atoms with E-state index >= 15 is 0 Å². The topological polar surface area (TPSA) is 74.3 Å². The van der Waals surface area contributed by atoms with Gasteiger partial charge in [0.05, 0.1) is 5.56 Å². The van der Waals surface area contributed by atoms with Gasteiger partial charge in [0.15, 0.2) is 0 Å². The van der Waals surface area contributed by atoms with E-state index in [-0.39, 0.29) is 17.9 Å². The molecule has 2 amide bonds. The third-order valence-corrected chi connectivity index (χ3v) is 3.18. The molecule has 1 saturated heterocycles. The lowest BCUT2D eigenvalue weighted by molar-refractivity contribution is -0.127. The van der Waals surface area contributed by atoms with Gasteiger partial charge in [-0.1, -0.05) is 6.08 Å². The van der Waals surface area contributed by atoms with E-state index in [2.05, 4.69) is 22.2 Å². The highest BCUT2D eigenvalue weighted by atomic mass is 16.2. The predicted molar refractivity (Wildman–Crippen MR) is 76.4 cm³/mol. The molecular weight excluding hydrogens is 256 g/mol. The van der Waals surface area contributed by atoms with E-state index in [9.17, 15) is 9.59 Å². The number of anilines is 1. The fourth-order valence-corrected chi connectivity index (χ4v) is 2.02. The van der Waals surface area contributed by atoms with Gasteiger partial charge in [-0.15, -0.1) is 6.58 Å². The second-order valence-corrected chi connectivity index (χ2v) is 4.68. The molecule has 2 rings (SSSR count). The standard InChI is InChI=1S/C14H18N4O2/c1-3-7-15-13(19)10-4-5-12(16-9-10)17-11-6-8-18(2)14(11)20/h3-5,9,11H,1,6-8H2,2H3,(H,15,19)(H,16,17). The Morgan fingerprint density at radius 1 is 1.60 bits per heavy atom. The van der Waals surface area contributed by atoms with Crippen LogP contribution in [0.2, 0.25) is 0 Å². The minimum Gasteiger partial charge on any atom is -0.358 e. The van der Waals surface area contributed by atoms with Crippen LogP contribution in [0, 0.1) is 0 Å². The molecule has 0 saturated carbocycles. The quantitative estimate of drug-likeness (QED) is 0.773. The number of hydrogen-bond donors (Lipinski definition) is 2. The summed E-state index contributed by atoms with van der Waals surface area (Å²) in [6, 6.07) is 3.15. The number of rotatable bonds is 5. The van der Waals surface area contributed by atoms with Crippen molar-refractivity contribution in [1.82, 2.24) is 15.2 Å². The van der Waals surface area contributed by atoms with Crippen LogP contribution in [-0.4, -0.2) is 47.9 Å². The van der Waals surface area contributed by atoms with Crippen LogP contribution in [0.4, 0.5) is 5.82 Å². The average Bonchev–Trinajstić information content (AvgIpc) is 2.77. The summed E-state index contributed by atoms with van der Waals surface area (Å²) in [4.78, 5) is 29.3. The van der Waals surface area contributed by atoms with Crippen molar-refractivity contribution in [3.63, 3.8) is 0 Å². The van der Waals surface area contributed by atoms with Crippen molar-refractivity contribution in [3.8, 4) is 0 Å². The number of pyridine rings is 1. The van der Waals surface area contributed by atoms with Crippen molar-refractivity contribution >= 4 is 17.6 Å². The summed E-state index contributed by atoms with van der Waals surface area (Å²) in [6.45, 7) is 4.70.